The number of methoxy groups -OCH3 is 1. The topological polar surface area (TPSA) is 38.3 Å². The second kappa shape index (κ2) is 5.90. The predicted molar refractivity (Wildman–Crippen MR) is 75.4 cm³/mol. The fourth-order valence-corrected chi connectivity index (χ4v) is 2.98. The first-order valence-electron chi connectivity index (χ1n) is 6.28. The van der Waals surface area contributed by atoms with Crippen molar-refractivity contribution < 1.29 is 13.9 Å². The minimum Gasteiger partial charge on any atom is -0.496 e. The highest BCUT2D eigenvalue weighted by Gasteiger charge is 2.41. The first-order valence-corrected chi connectivity index (χ1v) is 7.41. The van der Waals surface area contributed by atoms with Crippen LogP contribution >= 0.6 is 15.9 Å². The molecule has 0 bridgehead atoms. The van der Waals surface area contributed by atoms with Gasteiger partial charge in [-0.1, -0.05) is 22.0 Å². The molecule has 1 aromatic carbocycles. The van der Waals surface area contributed by atoms with Gasteiger partial charge in [0.1, 0.15) is 17.1 Å². The van der Waals surface area contributed by atoms with E-state index >= 15 is 0 Å². The zero-order chi connectivity index (χ0) is 13.9. The van der Waals surface area contributed by atoms with Crippen LogP contribution in [0.25, 0.3) is 0 Å². The van der Waals surface area contributed by atoms with E-state index in [9.17, 15) is 9.18 Å². The lowest BCUT2D eigenvalue weighted by atomic mass is 10.0. The van der Waals surface area contributed by atoms with Crippen LogP contribution < -0.4 is 10.1 Å². The molecule has 3 nitrogen and oxygen atoms in total. The van der Waals surface area contributed by atoms with Crippen molar-refractivity contribution in [3.8, 4) is 5.75 Å². The van der Waals surface area contributed by atoms with Gasteiger partial charge in [0.25, 0.3) is 5.91 Å². The van der Waals surface area contributed by atoms with Crippen LogP contribution in [0.3, 0.4) is 0 Å². The zero-order valence-corrected chi connectivity index (χ0v) is 12.4. The Morgan fingerprint density at radius 2 is 2.26 bits per heavy atom. The Morgan fingerprint density at radius 3 is 2.84 bits per heavy atom. The quantitative estimate of drug-likeness (QED) is 0.814. The summed E-state index contributed by atoms with van der Waals surface area (Å²) in [6, 6.07) is 4.38. The van der Waals surface area contributed by atoms with Gasteiger partial charge in [0.05, 0.1) is 7.11 Å². The molecule has 1 amide bonds. The number of hydrogen-bond donors (Lipinski definition) is 1. The number of amides is 1. The molecule has 2 rings (SSSR count). The summed E-state index contributed by atoms with van der Waals surface area (Å²) in [6.07, 6.45) is 3.27. The van der Waals surface area contributed by atoms with E-state index in [1.807, 2.05) is 0 Å². The number of carbonyl (C=O) groups is 1. The van der Waals surface area contributed by atoms with Gasteiger partial charge in [0.2, 0.25) is 0 Å². The highest BCUT2D eigenvalue weighted by molar-refractivity contribution is 9.09. The molecule has 0 heterocycles. The molecule has 0 unspecified atom stereocenters. The van der Waals surface area contributed by atoms with Crippen molar-refractivity contribution in [1.82, 2.24) is 5.32 Å². The second-order valence-electron chi connectivity index (χ2n) is 4.94. The summed E-state index contributed by atoms with van der Waals surface area (Å²) >= 11 is 3.42. The minimum atomic E-state index is -0.554. The van der Waals surface area contributed by atoms with Crippen molar-refractivity contribution in [2.75, 3.05) is 19.0 Å². The van der Waals surface area contributed by atoms with Crippen LogP contribution in [-0.2, 0) is 0 Å². The molecule has 5 heteroatoms. The highest BCUT2D eigenvalue weighted by Crippen LogP contribution is 2.48. The summed E-state index contributed by atoms with van der Waals surface area (Å²) in [5, 5.41) is 3.74. The summed E-state index contributed by atoms with van der Waals surface area (Å²) in [4.78, 5) is 12.1. The fourth-order valence-electron chi connectivity index (χ4n) is 2.14. The van der Waals surface area contributed by atoms with Crippen LogP contribution in [0.1, 0.15) is 29.6 Å². The molecule has 0 aliphatic heterocycles. The van der Waals surface area contributed by atoms with E-state index in [4.69, 9.17) is 4.74 Å². The van der Waals surface area contributed by atoms with E-state index in [1.165, 1.54) is 19.2 Å². The first-order chi connectivity index (χ1) is 9.12. The molecular weight excluding hydrogens is 313 g/mol. The van der Waals surface area contributed by atoms with E-state index in [0.29, 0.717) is 6.54 Å². The van der Waals surface area contributed by atoms with Crippen molar-refractivity contribution in [3.05, 3.63) is 29.6 Å². The molecule has 0 aromatic heterocycles. The number of alkyl halides is 1. The number of halogens is 2. The van der Waals surface area contributed by atoms with Gasteiger partial charge >= 0.3 is 0 Å². The lowest BCUT2D eigenvalue weighted by molar-refractivity contribution is 0.0937. The molecule has 1 saturated carbocycles. The Bertz CT molecular complexity index is 475. The van der Waals surface area contributed by atoms with Gasteiger partial charge in [0.15, 0.2) is 0 Å². The Kier molecular flexibility index (Phi) is 4.45. The van der Waals surface area contributed by atoms with Gasteiger partial charge < -0.3 is 10.1 Å². The van der Waals surface area contributed by atoms with Crippen molar-refractivity contribution >= 4 is 21.8 Å². The number of ether oxygens (including phenoxy) is 1. The molecule has 1 fully saturated rings. The zero-order valence-electron chi connectivity index (χ0n) is 10.8. The molecule has 104 valence electrons. The molecule has 1 aliphatic rings. The summed E-state index contributed by atoms with van der Waals surface area (Å²) < 4.78 is 18.8. The summed E-state index contributed by atoms with van der Waals surface area (Å²) in [7, 11) is 1.43. The smallest absolute Gasteiger partial charge is 0.258 e. The Labute approximate surface area is 120 Å². The SMILES string of the molecule is COc1cccc(F)c1C(=O)NCC1(CCBr)CC1. The maximum absolute atomic E-state index is 13.7. The maximum Gasteiger partial charge on any atom is 0.258 e. The maximum atomic E-state index is 13.7. The van der Waals surface area contributed by atoms with E-state index in [1.54, 1.807) is 6.07 Å². The van der Waals surface area contributed by atoms with Gasteiger partial charge in [-0.25, -0.2) is 4.39 Å². The Hall–Kier alpha value is -1.10. The average molecular weight is 330 g/mol. The van der Waals surface area contributed by atoms with Crippen molar-refractivity contribution in [3.63, 3.8) is 0 Å². The first kappa shape index (κ1) is 14.3. The monoisotopic (exact) mass is 329 g/mol. The number of carbonyl (C=O) groups excluding carboxylic acids is 1. The van der Waals surface area contributed by atoms with Crippen LogP contribution in [0.5, 0.6) is 5.75 Å². The van der Waals surface area contributed by atoms with E-state index in [0.717, 1.165) is 24.6 Å². The van der Waals surface area contributed by atoms with Crippen molar-refractivity contribution in [2.45, 2.75) is 19.3 Å². The normalized spacial score (nSPS) is 15.9. The predicted octanol–water partition coefficient (Wildman–Crippen LogP) is 3.13. The standard InChI is InChI=1S/C14H17BrFNO2/c1-19-11-4-2-3-10(16)12(11)13(18)17-9-14(5-6-14)7-8-15/h2-4H,5-9H2,1H3,(H,17,18). The van der Waals surface area contributed by atoms with E-state index in [2.05, 4.69) is 21.2 Å². The van der Waals surface area contributed by atoms with Crippen LogP contribution in [0, 0.1) is 11.2 Å². The molecular formula is C14H17BrFNO2. The van der Waals surface area contributed by atoms with Gasteiger partial charge in [0, 0.05) is 11.9 Å². The summed E-state index contributed by atoms with van der Waals surface area (Å²) in [6.45, 7) is 0.592. The Morgan fingerprint density at radius 1 is 1.53 bits per heavy atom. The van der Waals surface area contributed by atoms with E-state index in [-0.39, 0.29) is 16.7 Å². The van der Waals surface area contributed by atoms with Crippen molar-refractivity contribution in [2.24, 2.45) is 5.41 Å². The van der Waals surface area contributed by atoms with Gasteiger partial charge in [-0.2, -0.15) is 0 Å². The van der Waals surface area contributed by atoms with Gasteiger partial charge in [-0.3, -0.25) is 4.79 Å². The third-order valence-electron chi connectivity index (χ3n) is 3.63. The molecule has 1 aromatic rings. The summed E-state index contributed by atoms with van der Waals surface area (Å²) in [5.74, 6) is -0.694. The lowest BCUT2D eigenvalue weighted by Crippen LogP contribution is -2.31. The van der Waals surface area contributed by atoms with E-state index < -0.39 is 11.7 Å². The number of rotatable bonds is 6. The second-order valence-corrected chi connectivity index (χ2v) is 5.73. The van der Waals surface area contributed by atoms with Crippen LogP contribution in [0.4, 0.5) is 4.39 Å². The molecule has 19 heavy (non-hydrogen) atoms. The number of nitrogens with one attached hydrogen (secondary N) is 1. The summed E-state index contributed by atoms with van der Waals surface area (Å²) in [5.41, 5.74) is 0.192. The molecule has 1 N–H and O–H groups in total. The third kappa shape index (κ3) is 3.26. The number of hydrogen-bond acceptors (Lipinski definition) is 2. The fraction of sp³-hybridized carbons (Fsp3) is 0.500. The van der Waals surface area contributed by atoms with Crippen LogP contribution in [0.15, 0.2) is 18.2 Å². The molecule has 0 saturated heterocycles. The number of benzene rings is 1. The van der Waals surface area contributed by atoms with Crippen LogP contribution in [-0.4, -0.2) is 24.9 Å². The largest absolute Gasteiger partial charge is 0.496 e. The van der Waals surface area contributed by atoms with Gasteiger partial charge in [-0.15, -0.1) is 0 Å². The Balaban J connectivity index is 2.04. The lowest BCUT2D eigenvalue weighted by Gasteiger charge is -2.15. The average Bonchev–Trinajstić information content (AvgIpc) is 3.16. The molecule has 0 radical (unpaired) electrons. The minimum absolute atomic E-state index is 0.0142. The molecule has 0 atom stereocenters. The van der Waals surface area contributed by atoms with Crippen molar-refractivity contribution in [1.29, 1.82) is 0 Å². The van der Waals surface area contributed by atoms with Gasteiger partial charge in [-0.05, 0) is 36.8 Å². The molecule has 1 aliphatic carbocycles. The molecule has 0 spiro atoms. The highest BCUT2D eigenvalue weighted by atomic mass is 79.9. The van der Waals surface area contributed by atoms with Crippen LogP contribution in [0.2, 0.25) is 0 Å². The third-order valence-corrected chi connectivity index (χ3v) is 4.02.